The van der Waals surface area contributed by atoms with Gasteiger partial charge in [0.25, 0.3) is 0 Å². The zero-order chi connectivity index (χ0) is 13.1. The molecule has 1 aromatic rings. The van der Waals surface area contributed by atoms with Gasteiger partial charge in [-0.2, -0.15) is 0 Å². The highest BCUT2D eigenvalue weighted by atomic mass is 19.1. The van der Waals surface area contributed by atoms with E-state index in [1.807, 2.05) is 0 Å². The van der Waals surface area contributed by atoms with E-state index in [0.29, 0.717) is 25.7 Å². The number of hydrogen-bond acceptors (Lipinski definition) is 3. The highest BCUT2D eigenvalue weighted by Gasteiger charge is 2.25. The molecule has 1 saturated heterocycles. The SMILES string of the molecule is Nc1cccc(F)c1CN1C(=O)CCCCC1=O. The quantitative estimate of drug-likeness (QED) is 0.643. The zero-order valence-electron chi connectivity index (χ0n) is 9.99. The molecule has 0 spiro atoms. The summed E-state index contributed by atoms with van der Waals surface area (Å²) in [5, 5.41) is 0. The van der Waals surface area contributed by atoms with Gasteiger partial charge in [0.05, 0.1) is 6.54 Å². The maximum Gasteiger partial charge on any atom is 0.229 e. The van der Waals surface area contributed by atoms with Crippen LogP contribution in [0, 0.1) is 5.82 Å². The van der Waals surface area contributed by atoms with E-state index >= 15 is 0 Å². The molecule has 0 atom stereocenters. The molecule has 0 aliphatic carbocycles. The number of benzene rings is 1. The summed E-state index contributed by atoms with van der Waals surface area (Å²) in [5.41, 5.74) is 6.15. The van der Waals surface area contributed by atoms with Crippen molar-refractivity contribution in [2.45, 2.75) is 32.2 Å². The predicted molar refractivity (Wildman–Crippen MR) is 64.8 cm³/mol. The van der Waals surface area contributed by atoms with E-state index < -0.39 is 5.82 Å². The molecule has 4 nitrogen and oxygen atoms in total. The fourth-order valence-electron chi connectivity index (χ4n) is 2.04. The molecule has 1 aromatic carbocycles. The Morgan fingerprint density at radius 2 is 1.78 bits per heavy atom. The van der Waals surface area contributed by atoms with Gasteiger partial charge in [0, 0.05) is 24.1 Å². The second-order valence-electron chi connectivity index (χ2n) is 4.39. The van der Waals surface area contributed by atoms with E-state index in [0.717, 1.165) is 4.90 Å². The van der Waals surface area contributed by atoms with Crippen LogP contribution in [-0.4, -0.2) is 16.7 Å². The lowest BCUT2D eigenvalue weighted by atomic mass is 10.1. The third-order valence-corrected chi connectivity index (χ3v) is 3.10. The van der Waals surface area contributed by atoms with Crippen molar-refractivity contribution in [2.24, 2.45) is 0 Å². The van der Waals surface area contributed by atoms with Crippen LogP contribution in [0.15, 0.2) is 18.2 Å². The van der Waals surface area contributed by atoms with Crippen molar-refractivity contribution >= 4 is 17.5 Å². The van der Waals surface area contributed by atoms with Crippen LogP contribution < -0.4 is 5.73 Å². The fourth-order valence-corrected chi connectivity index (χ4v) is 2.04. The van der Waals surface area contributed by atoms with Crippen LogP contribution in [0.1, 0.15) is 31.2 Å². The number of carbonyl (C=O) groups is 2. The largest absolute Gasteiger partial charge is 0.398 e. The normalized spacial score (nSPS) is 16.8. The van der Waals surface area contributed by atoms with Gasteiger partial charge in [0.15, 0.2) is 0 Å². The molecule has 1 fully saturated rings. The van der Waals surface area contributed by atoms with Gasteiger partial charge >= 0.3 is 0 Å². The molecule has 0 unspecified atom stereocenters. The van der Waals surface area contributed by atoms with Crippen molar-refractivity contribution in [1.29, 1.82) is 0 Å². The van der Waals surface area contributed by atoms with Gasteiger partial charge in [-0.25, -0.2) is 4.39 Å². The molecular weight excluding hydrogens is 235 g/mol. The Labute approximate surface area is 105 Å². The Kier molecular flexibility index (Phi) is 3.60. The van der Waals surface area contributed by atoms with Crippen LogP contribution in [0.5, 0.6) is 0 Å². The summed E-state index contributed by atoms with van der Waals surface area (Å²) in [5.74, 6) is -0.986. The number of halogens is 1. The van der Waals surface area contributed by atoms with Crippen molar-refractivity contribution in [1.82, 2.24) is 4.90 Å². The number of imide groups is 1. The molecule has 1 heterocycles. The zero-order valence-corrected chi connectivity index (χ0v) is 9.99. The number of rotatable bonds is 2. The monoisotopic (exact) mass is 250 g/mol. The van der Waals surface area contributed by atoms with Crippen LogP contribution in [0.2, 0.25) is 0 Å². The lowest BCUT2D eigenvalue weighted by molar-refractivity contribution is -0.144. The van der Waals surface area contributed by atoms with Crippen molar-refractivity contribution in [3.8, 4) is 0 Å². The van der Waals surface area contributed by atoms with Crippen LogP contribution in [-0.2, 0) is 16.1 Å². The summed E-state index contributed by atoms with van der Waals surface area (Å²) in [6, 6.07) is 4.34. The minimum absolute atomic E-state index is 0.0732. The highest BCUT2D eigenvalue weighted by molar-refractivity contribution is 5.96. The molecule has 0 saturated carbocycles. The average Bonchev–Trinajstić information content (AvgIpc) is 2.48. The molecule has 0 radical (unpaired) electrons. The topological polar surface area (TPSA) is 63.4 Å². The molecule has 2 amide bonds. The second kappa shape index (κ2) is 5.16. The molecule has 1 aliphatic heterocycles. The number of nitrogens with zero attached hydrogens (tertiary/aromatic N) is 1. The van der Waals surface area contributed by atoms with Crippen LogP contribution in [0.3, 0.4) is 0 Å². The standard InChI is InChI=1S/C13H15FN2O2/c14-10-4-3-5-11(15)9(10)8-16-12(17)6-1-2-7-13(16)18/h3-5H,1-2,6-8,15H2. The van der Waals surface area contributed by atoms with E-state index in [1.54, 1.807) is 6.07 Å². The van der Waals surface area contributed by atoms with Crippen LogP contribution in [0.25, 0.3) is 0 Å². The van der Waals surface area contributed by atoms with Gasteiger partial charge in [-0.05, 0) is 25.0 Å². The fraction of sp³-hybridized carbons (Fsp3) is 0.385. The minimum Gasteiger partial charge on any atom is -0.398 e. The van der Waals surface area contributed by atoms with E-state index in [2.05, 4.69) is 0 Å². The summed E-state index contributed by atoms with van der Waals surface area (Å²) >= 11 is 0. The minimum atomic E-state index is -0.486. The predicted octanol–water partition coefficient (Wildman–Crippen LogP) is 1.84. The van der Waals surface area contributed by atoms with Crippen LogP contribution >= 0.6 is 0 Å². The molecular formula is C13H15FN2O2. The van der Waals surface area contributed by atoms with Crippen molar-refractivity contribution in [2.75, 3.05) is 5.73 Å². The Bertz CT molecular complexity index is 450. The number of carbonyl (C=O) groups excluding carboxylic acids is 2. The molecule has 96 valence electrons. The number of likely N-dealkylation sites (tertiary alicyclic amines) is 1. The van der Waals surface area contributed by atoms with Crippen molar-refractivity contribution in [3.05, 3.63) is 29.6 Å². The van der Waals surface area contributed by atoms with Gasteiger partial charge < -0.3 is 5.73 Å². The average molecular weight is 250 g/mol. The Balaban J connectivity index is 2.26. The molecule has 2 rings (SSSR count). The number of amides is 2. The molecule has 0 aromatic heterocycles. The van der Waals surface area contributed by atoms with E-state index in [-0.39, 0.29) is 29.6 Å². The smallest absolute Gasteiger partial charge is 0.229 e. The summed E-state index contributed by atoms with van der Waals surface area (Å²) in [6.07, 6.45) is 2.07. The van der Waals surface area contributed by atoms with Crippen molar-refractivity contribution < 1.29 is 14.0 Å². The number of hydrogen-bond donors (Lipinski definition) is 1. The first-order valence-electron chi connectivity index (χ1n) is 5.95. The lowest BCUT2D eigenvalue weighted by Crippen LogP contribution is -2.35. The number of anilines is 1. The Hall–Kier alpha value is -1.91. The summed E-state index contributed by atoms with van der Waals surface area (Å²) in [6.45, 7) is -0.0732. The Morgan fingerprint density at radius 1 is 1.17 bits per heavy atom. The van der Waals surface area contributed by atoms with Gasteiger partial charge in [0.1, 0.15) is 5.82 Å². The van der Waals surface area contributed by atoms with E-state index in [4.69, 9.17) is 5.73 Å². The van der Waals surface area contributed by atoms with Crippen LogP contribution in [0.4, 0.5) is 10.1 Å². The van der Waals surface area contributed by atoms with E-state index in [9.17, 15) is 14.0 Å². The Morgan fingerprint density at radius 3 is 2.33 bits per heavy atom. The first-order chi connectivity index (χ1) is 8.59. The van der Waals surface area contributed by atoms with Gasteiger partial charge in [-0.15, -0.1) is 0 Å². The second-order valence-corrected chi connectivity index (χ2v) is 4.39. The van der Waals surface area contributed by atoms with Gasteiger partial charge in [0.2, 0.25) is 11.8 Å². The first kappa shape index (κ1) is 12.5. The number of nitrogens with two attached hydrogens (primary N) is 1. The molecule has 1 aliphatic rings. The number of nitrogen functional groups attached to an aromatic ring is 1. The first-order valence-corrected chi connectivity index (χ1v) is 5.95. The molecule has 2 N–H and O–H groups in total. The molecule has 0 bridgehead atoms. The summed E-state index contributed by atoms with van der Waals surface area (Å²) in [4.78, 5) is 24.7. The molecule has 5 heteroatoms. The van der Waals surface area contributed by atoms with Gasteiger partial charge in [-0.1, -0.05) is 6.07 Å². The third-order valence-electron chi connectivity index (χ3n) is 3.10. The van der Waals surface area contributed by atoms with Crippen molar-refractivity contribution in [3.63, 3.8) is 0 Å². The summed E-state index contributed by atoms with van der Waals surface area (Å²) in [7, 11) is 0. The maximum absolute atomic E-state index is 13.6. The van der Waals surface area contributed by atoms with E-state index in [1.165, 1.54) is 12.1 Å². The van der Waals surface area contributed by atoms with Gasteiger partial charge in [-0.3, -0.25) is 14.5 Å². The third kappa shape index (κ3) is 2.50. The summed E-state index contributed by atoms with van der Waals surface area (Å²) < 4.78 is 13.6. The lowest BCUT2D eigenvalue weighted by Gasteiger charge is -2.19. The molecule has 18 heavy (non-hydrogen) atoms. The highest BCUT2D eigenvalue weighted by Crippen LogP contribution is 2.21. The maximum atomic E-state index is 13.6.